The molecule has 0 aliphatic heterocycles. The molecular weight excluding hydrogens is 208 g/mol. The Morgan fingerprint density at radius 1 is 1.36 bits per heavy atom. The van der Waals surface area contributed by atoms with E-state index in [1.54, 1.807) is 0 Å². The Hall–Kier alpha value is -0.320. The van der Waals surface area contributed by atoms with Gasteiger partial charge in [0.05, 0.1) is 0 Å². The van der Waals surface area contributed by atoms with Gasteiger partial charge in [-0.1, -0.05) is 0 Å². The molecule has 4 heteroatoms. The van der Waals surface area contributed by atoms with Crippen molar-refractivity contribution in [1.29, 1.82) is 0 Å². The molecule has 0 aliphatic carbocycles. The molecule has 0 radical (unpaired) electrons. The van der Waals surface area contributed by atoms with E-state index < -0.39 is 0 Å². The van der Waals surface area contributed by atoms with Gasteiger partial charge >= 0.3 is 0 Å². The number of furan rings is 1. The third kappa shape index (κ3) is 2.05. The van der Waals surface area contributed by atoms with Crippen LogP contribution in [0.5, 0.6) is 0 Å². The largest absolute Gasteiger partial charge is 0.454 e. The molecular formula is C7H11BrN2O. The lowest BCUT2D eigenvalue weighted by molar-refractivity contribution is 0.450. The molecule has 62 valence electrons. The molecule has 0 aliphatic rings. The van der Waals surface area contributed by atoms with Crippen molar-refractivity contribution in [3.8, 4) is 0 Å². The summed E-state index contributed by atoms with van der Waals surface area (Å²) >= 11 is 3.21. The number of rotatable bonds is 3. The Bertz CT molecular complexity index is 220. The van der Waals surface area contributed by atoms with Gasteiger partial charge in [0.1, 0.15) is 5.76 Å². The number of hydrogen-bond acceptors (Lipinski definition) is 3. The number of halogens is 1. The average molecular weight is 219 g/mol. The quantitative estimate of drug-likeness (QED) is 0.798. The second-order valence-electron chi connectivity index (χ2n) is 2.31. The second-order valence-corrected chi connectivity index (χ2v) is 3.09. The van der Waals surface area contributed by atoms with Gasteiger partial charge in [-0.05, 0) is 28.1 Å². The van der Waals surface area contributed by atoms with E-state index >= 15 is 0 Å². The van der Waals surface area contributed by atoms with E-state index in [4.69, 9.17) is 15.9 Å². The fraction of sp³-hybridized carbons (Fsp3) is 0.429. The van der Waals surface area contributed by atoms with Crippen LogP contribution in [0.15, 0.2) is 21.2 Å². The van der Waals surface area contributed by atoms with Crippen LogP contribution in [0.3, 0.4) is 0 Å². The monoisotopic (exact) mass is 218 g/mol. The fourth-order valence-corrected chi connectivity index (χ4v) is 1.20. The van der Waals surface area contributed by atoms with Crippen LogP contribution in [0.25, 0.3) is 0 Å². The predicted molar refractivity (Wildman–Crippen MR) is 47.3 cm³/mol. The maximum atomic E-state index is 5.47. The fourth-order valence-electron chi connectivity index (χ4n) is 0.876. The van der Waals surface area contributed by atoms with E-state index in [0.29, 0.717) is 13.1 Å². The summed E-state index contributed by atoms with van der Waals surface area (Å²) in [6.07, 6.45) is 0. The van der Waals surface area contributed by atoms with Gasteiger partial charge in [0.25, 0.3) is 0 Å². The Morgan fingerprint density at radius 3 is 2.36 bits per heavy atom. The molecule has 1 aromatic heterocycles. The van der Waals surface area contributed by atoms with E-state index in [2.05, 4.69) is 15.9 Å². The molecule has 0 aromatic carbocycles. The second kappa shape index (κ2) is 3.90. The molecule has 1 aromatic rings. The molecule has 1 rings (SSSR count). The first-order chi connectivity index (χ1) is 5.27. The van der Waals surface area contributed by atoms with E-state index in [0.717, 1.165) is 10.4 Å². The Balaban J connectivity index is 2.73. The van der Waals surface area contributed by atoms with Crippen molar-refractivity contribution in [3.05, 3.63) is 22.6 Å². The summed E-state index contributed by atoms with van der Waals surface area (Å²) in [4.78, 5) is 0. The van der Waals surface area contributed by atoms with Gasteiger partial charge in [0.2, 0.25) is 0 Å². The van der Waals surface area contributed by atoms with Gasteiger partial charge in [-0.15, -0.1) is 0 Å². The van der Waals surface area contributed by atoms with Crippen LogP contribution in [0.4, 0.5) is 0 Å². The van der Waals surface area contributed by atoms with Crippen LogP contribution in [-0.4, -0.2) is 13.1 Å². The smallest absolute Gasteiger partial charge is 0.169 e. The van der Waals surface area contributed by atoms with Crippen molar-refractivity contribution in [2.24, 2.45) is 11.5 Å². The summed E-state index contributed by atoms with van der Waals surface area (Å²) in [5.74, 6) is 0.989. The first-order valence-electron chi connectivity index (χ1n) is 3.43. The zero-order valence-electron chi connectivity index (χ0n) is 6.09. The standard InChI is InChI=1S/C7H11BrN2O/c8-7-2-1-6(11-7)5(3-9)4-10/h1-2,5H,3-4,9-10H2. The van der Waals surface area contributed by atoms with Crippen molar-refractivity contribution >= 4 is 15.9 Å². The predicted octanol–water partition coefficient (Wildman–Crippen LogP) is 1.04. The minimum Gasteiger partial charge on any atom is -0.454 e. The van der Waals surface area contributed by atoms with Crippen molar-refractivity contribution in [3.63, 3.8) is 0 Å². The molecule has 4 N–H and O–H groups in total. The molecule has 0 unspecified atom stereocenters. The van der Waals surface area contributed by atoms with Crippen LogP contribution in [0.1, 0.15) is 11.7 Å². The van der Waals surface area contributed by atoms with Crippen molar-refractivity contribution in [2.75, 3.05) is 13.1 Å². The molecule has 0 saturated heterocycles. The van der Waals surface area contributed by atoms with Gasteiger partial charge in [-0.25, -0.2) is 0 Å². The normalized spacial score (nSPS) is 10.9. The number of nitrogens with two attached hydrogens (primary N) is 2. The summed E-state index contributed by atoms with van der Waals surface area (Å²) in [6.45, 7) is 1.05. The molecule has 0 bridgehead atoms. The summed E-state index contributed by atoms with van der Waals surface area (Å²) < 4.78 is 6.01. The topological polar surface area (TPSA) is 65.2 Å². The minimum absolute atomic E-state index is 0.140. The third-order valence-corrected chi connectivity index (χ3v) is 1.99. The highest BCUT2D eigenvalue weighted by atomic mass is 79.9. The van der Waals surface area contributed by atoms with Crippen LogP contribution in [0.2, 0.25) is 0 Å². The molecule has 0 amide bonds. The van der Waals surface area contributed by atoms with Gasteiger partial charge in [0, 0.05) is 19.0 Å². The SMILES string of the molecule is NCC(CN)c1ccc(Br)o1. The Morgan fingerprint density at radius 2 is 2.00 bits per heavy atom. The van der Waals surface area contributed by atoms with Gasteiger partial charge < -0.3 is 15.9 Å². The van der Waals surface area contributed by atoms with Crippen LogP contribution in [0, 0.1) is 0 Å². The zero-order valence-corrected chi connectivity index (χ0v) is 7.67. The van der Waals surface area contributed by atoms with Gasteiger partial charge in [-0.3, -0.25) is 0 Å². The number of hydrogen-bond donors (Lipinski definition) is 2. The molecule has 0 fully saturated rings. The lowest BCUT2D eigenvalue weighted by Crippen LogP contribution is -2.20. The highest BCUT2D eigenvalue weighted by molar-refractivity contribution is 9.10. The molecule has 0 spiro atoms. The minimum atomic E-state index is 0.140. The maximum Gasteiger partial charge on any atom is 0.169 e. The van der Waals surface area contributed by atoms with Crippen molar-refractivity contribution in [2.45, 2.75) is 5.92 Å². The molecule has 3 nitrogen and oxygen atoms in total. The highest BCUT2D eigenvalue weighted by Gasteiger charge is 2.10. The van der Waals surface area contributed by atoms with Gasteiger partial charge in [-0.2, -0.15) is 0 Å². The first-order valence-corrected chi connectivity index (χ1v) is 4.22. The summed E-state index contributed by atoms with van der Waals surface area (Å²) in [5.41, 5.74) is 10.9. The van der Waals surface area contributed by atoms with Crippen LogP contribution < -0.4 is 11.5 Å². The van der Waals surface area contributed by atoms with E-state index in [9.17, 15) is 0 Å². The first kappa shape index (κ1) is 8.77. The van der Waals surface area contributed by atoms with Crippen LogP contribution in [-0.2, 0) is 0 Å². The van der Waals surface area contributed by atoms with Crippen molar-refractivity contribution in [1.82, 2.24) is 0 Å². The molecule has 11 heavy (non-hydrogen) atoms. The maximum absolute atomic E-state index is 5.47. The molecule has 1 heterocycles. The third-order valence-electron chi connectivity index (χ3n) is 1.57. The van der Waals surface area contributed by atoms with E-state index in [-0.39, 0.29) is 5.92 Å². The summed E-state index contributed by atoms with van der Waals surface area (Å²) in [6, 6.07) is 3.72. The summed E-state index contributed by atoms with van der Waals surface area (Å²) in [5, 5.41) is 0. The van der Waals surface area contributed by atoms with E-state index in [1.165, 1.54) is 0 Å². The van der Waals surface area contributed by atoms with Gasteiger partial charge in [0.15, 0.2) is 4.67 Å². The van der Waals surface area contributed by atoms with E-state index in [1.807, 2.05) is 12.1 Å². The lowest BCUT2D eigenvalue weighted by atomic mass is 10.1. The van der Waals surface area contributed by atoms with Crippen LogP contribution >= 0.6 is 15.9 Å². The zero-order chi connectivity index (χ0) is 8.27. The summed E-state index contributed by atoms with van der Waals surface area (Å²) in [7, 11) is 0. The molecule has 0 atom stereocenters. The highest BCUT2D eigenvalue weighted by Crippen LogP contribution is 2.20. The average Bonchev–Trinajstić information content (AvgIpc) is 2.39. The Labute approximate surface area is 73.9 Å². The van der Waals surface area contributed by atoms with Crippen molar-refractivity contribution < 1.29 is 4.42 Å². The molecule has 0 saturated carbocycles. The lowest BCUT2D eigenvalue weighted by Gasteiger charge is -2.06. The Kier molecular flexibility index (Phi) is 3.11.